The molecule has 1 atom stereocenters. The summed E-state index contributed by atoms with van der Waals surface area (Å²) in [7, 11) is 0. The molecule has 6 rings (SSSR count). The summed E-state index contributed by atoms with van der Waals surface area (Å²) in [5, 5.41) is 0.632. The van der Waals surface area contributed by atoms with Crippen LogP contribution in [0.15, 0.2) is 121 Å². The van der Waals surface area contributed by atoms with Gasteiger partial charge in [0.1, 0.15) is 12.4 Å². The largest absolute Gasteiger partial charge is 0.486 e. The van der Waals surface area contributed by atoms with Gasteiger partial charge in [-0.1, -0.05) is 102 Å². The van der Waals surface area contributed by atoms with Crippen LogP contribution in [0.5, 0.6) is 5.75 Å². The molecular weight excluding hydrogens is 740 g/mol. The number of fused-ring (bicyclic) bond motifs is 1. The first kappa shape index (κ1) is 31.2. The van der Waals surface area contributed by atoms with Gasteiger partial charge in [0.25, 0.3) is 5.56 Å². The molecule has 1 aliphatic rings. The van der Waals surface area contributed by atoms with Crippen LogP contribution in [-0.2, 0) is 16.1 Å². The van der Waals surface area contributed by atoms with Crippen molar-refractivity contribution in [3.63, 3.8) is 0 Å². The van der Waals surface area contributed by atoms with Gasteiger partial charge in [-0.2, -0.15) is 0 Å². The average Bonchev–Trinajstić information content (AvgIpc) is 3.35. The maximum Gasteiger partial charge on any atom is 0.338 e. The minimum atomic E-state index is -0.724. The average molecular weight is 765 g/mol. The molecule has 0 saturated carbocycles. The first-order valence-electron chi connectivity index (χ1n) is 14.0. The molecule has 0 saturated heterocycles. The molecule has 6 nitrogen and oxygen atoms in total. The number of aromatic nitrogens is 1. The molecular formula is C35H25Br2ClN2O4S. The molecule has 5 aromatic rings. The fraction of sp³-hybridized carbons (Fsp3) is 0.114. The van der Waals surface area contributed by atoms with Gasteiger partial charge in [0, 0.05) is 16.1 Å². The Balaban J connectivity index is 1.47. The van der Waals surface area contributed by atoms with E-state index in [9.17, 15) is 9.59 Å². The fourth-order valence-corrected chi connectivity index (χ4v) is 7.75. The lowest BCUT2D eigenvalue weighted by atomic mass is 9.93. The first-order chi connectivity index (χ1) is 21.9. The maximum absolute atomic E-state index is 14.1. The third-order valence-corrected chi connectivity index (χ3v) is 9.67. The number of rotatable bonds is 8. The van der Waals surface area contributed by atoms with E-state index < -0.39 is 12.0 Å². The molecule has 226 valence electrons. The van der Waals surface area contributed by atoms with Crippen LogP contribution in [0.2, 0.25) is 5.02 Å². The highest BCUT2D eigenvalue weighted by molar-refractivity contribution is 9.11. The molecule has 0 radical (unpaired) electrons. The molecule has 0 unspecified atom stereocenters. The standard InChI is InChI=1S/C35H25Br2ClN2O4S/c1-2-43-34(42)29-30(22-11-5-3-6-12-22)39-35-40(31(29)23-13-7-4-8-14-23)33(41)28(45-35)19-21-17-25(36)32(26(37)18-21)44-20-24-15-9-10-16-27(24)38/h3-19,31H,2,20H2,1H3/b28-19-/t31-/m1/s1. The molecule has 1 aliphatic heterocycles. The van der Waals surface area contributed by atoms with Crippen molar-refractivity contribution < 1.29 is 14.3 Å². The normalized spacial score (nSPS) is 14.6. The Labute approximate surface area is 285 Å². The van der Waals surface area contributed by atoms with Crippen LogP contribution in [0.25, 0.3) is 11.8 Å². The van der Waals surface area contributed by atoms with E-state index in [1.54, 1.807) is 11.5 Å². The van der Waals surface area contributed by atoms with Crippen molar-refractivity contribution in [1.82, 2.24) is 4.57 Å². The van der Waals surface area contributed by atoms with E-state index in [2.05, 4.69) is 31.9 Å². The minimum absolute atomic E-state index is 0.193. The Morgan fingerprint density at radius 3 is 2.29 bits per heavy atom. The van der Waals surface area contributed by atoms with E-state index in [-0.39, 0.29) is 12.2 Å². The van der Waals surface area contributed by atoms with E-state index in [1.807, 2.05) is 103 Å². The van der Waals surface area contributed by atoms with Gasteiger partial charge in [-0.25, -0.2) is 9.79 Å². The zero-order valence-electron chi connectivity index (χ0n) is 23.9. The van der Waals surface area contributed by atoms with Gasteiger partial charge >= 0.3 is 5.97 Å². The Kier molecular flexibility index (Phi) is 9.51. The monoisotopic (exact) mass is 762 g/mol. The smallest absolute Gasteiger partial charge is 0.338 e. The van der Waals surface area contributed by atoms with Crippen LogP contribution < -0.4 is 19.6 Å². The number of nitrogens with zero attached hydrogens (tertiary/aromatic N) is 2. The van der Waals surface area contributed by atoms with Crippen LogP contribution in [-0.4, -0.2) is 17.1 Å². The molecule has 45 heavy (non-hydrogen) atoms. The summed E-state index contributed by atoms with van der Waals surface area (Å²) < 4.78 is 15.1. The van der Waals surface area contributed by atoms with Crippen LogP contribution in [0.4, 0.5) is 0 Å². The van der Waals surface area contributed by atoms with Crippen LogP contribution in [0.1, 0.15) is 35.2 Å². The maximum atomic E-state index is 14.1. The van der Waals surface area contributed by atoms with Gasteiger partial charge in [-0.15, -0.1) is 0 Å². The number of halogens is 3. The molecule has 0 spiro atoms. The summed E-state index contributed by atoms with van der Waals surface area (Å²) in [5.41, 5.74) is 3.73. The summed E-state index contributed by atoms with van der Waals surface area (Å²) in [6, 6.07) is 29.6. The second kappa shape index (κ2) is 13.7. The Bertz CT molecular complexity index is 2090. The minimum Gasteiger partial charge on any atom is -0.486 e. The number of hydrogen-bond acceptors (Lipinski definition) is 6. The number of benzene rings is 4. The fourth-order valence-electron chi connectivity index (χ4n) is 5.11. The number of carbonyl (C=O) groups excluding carboxylic acids is 1. The van der Waals surface area contributed by atoms with Crippen molar-refractivity contribution in [3.8, 4) is 5.75 Å². The highest BCUT2D eigenvalue weighted by Gasteiger charge is 2.35. The lowest BCUT2D eigenvalue weighted by Gasteiger charge is -2.25. The van der Waals surface area contributed by atoms with Crippen molar-refractivity contribution in [1.29, 1.82) is 0 Å². The van der Waals surface area contributed by atoms with Crippen molar-refractivity contribution >= 4 is 72.5 Å². The Morgan fingerprint density at radius 2 is 1.62 bits per heavy atom. The molecule has 0 bridgehead atoms. The topological polar surface area (TPSA) is 69.9 Å². The first-order valence-corrected chi connectivity index (χ1v) is 16.8. The predicted molar refractivity (Wildman–Crippen MR) is 185 cm³/mol. The zero-order chi connectivity index (χ0) is 31.5. The van der Waals surface area contributed by atoms with Gasteiger partial charge in [0.05, 0.1) is 37.4 Å². The van der Waals surface area contributed by atoms with E-state index in [0.717, 1.165) is 22.3 Å². The summed E-state index contributed by atoms with van der Waals surface area (Å²) in [5.74, 6) is 0.104. The van der Waals surface area contributed by atoms with Crippen molar-refractivity contribution in [2.45, 2.75) is 19.6 Å². The molecule has 10 heteroatoms. The summed E-state index contributed by atoms with van der Waals surface area (Å²) >= 11 is 14.8. The van der Waals surface area contributed by atoms with Gasteiger partial charge in [-0.05, 0) is 74.2 Å². The number of hydrogen-bond donors (Lipinski definition) is 0. The SMILES string of the molecule is CCOC(=O)C1=C(c2ccccc2)N=c2s/c(=C\c3cc(Br)c(OCc4ccccc4Cl)c(Br)c3)c(=O)n2[C@@H]1c1ccccc1. The third kappa shape index (κ3) is 6.49. The van der Waals surface area contributed by atoms with Crippen molar-refractivity contribution in [2.24, 2.45) is 4.99 Å². The quantitative estimate of drug-likeness (QED) is 0.152. The highest BCUT2D eigenvalue weighted by atomic mass is 79.9. The summed E-state index contributed by atoms with van der Waals surface area (Å²) in [4.78, 5) is 33.1. The molecule has 1 aromatic heterocycles. The third-order valence-electron chi connectivity index (χ3n) is 7.14. The van der Waals surface area contributed by atoms with E-state index in [1.165, 1.54) is 11.3 Å². The van der Waals surface area contributed by atoms with E-state index in [4.69, 9.17) is 26.1 Å². The van der Waals surface area contributed by atoms with Gasteiger partial charge in [0.15, 0.2) is 4.80 Å². The van der Waals surface area contributed by atoms with Gasteiger partial charge < -0.3 is 9.47 Å². The lowest BCUT2D eigenvalue weighted by molar-refractivity contribution is -0.138. The Morgan fingerprint density at radius 1 is 0.978 bits per heavy atom. The van der Waals surface area contributed by atoms with Crippen LogP contribution in [0.3, 0.4) is 0 Å². The molecule has 0 fully saturated rings. The number of esters is 1. The number of thiazole rings is 1. The zero-order valence-corrected chi connectivity index (χ0v) is 28.6. The van der Waals surface area contributed by atoms with Gasteiger partial charge in [0.2, 0.25) is 0 Å². The Hall–Kier alpha value is -3.76. The molecule has 0 amide bonds. The molecule has 0 aliphatic carbocycles. The van der Waals surface area contributed by atoms with Crippen LogP contribution in [0, 0.1) is 0 Å². The molecule has 2 heterocycles. The number of carbonyl (C=O) groups is 1. The highest BCUT2D eigenvalue weighted by Crippen LogP contribution is 2.37. The lowest BCUT2D eigenvalue weighted by Crippen LogP contribution is -2.39. The van der Waals surface area contributed by atoms with Gasteiger partial charge in [-0.3, -0.25) is 9.36 Å². The predicted octanol–water partition coefficient (Wildman–Crippen LogP) is 7.69. The summed E-state index contributed by atoms with van der Waals surface area (Å²) in [6.07, 6.45) is 1.81. The van der Waals surface area contributed by atoms with E-state index in [0.29, 0.717) is 46.9 Å². The number of ether oxygens (including phenoxy) is 2. The van der Waals surface area contributed by atoms with Crippen molar-refractivity contribution in [2.75, 3.05) is 6.61 Å². The molecule has 0 N–H and O–H groups in total. The molecule has 4 aromatic carbocycles. The van der Waals surface area contributed by atoms with Crippen LogP contribution >= 0.6 is 54.8 Å². The summed E-state index contributed by atoms with van der Waals surface area (Å²) in [6.45, 7) is 2.25. The van der Waals surface area contributed by atoms with Crippen molar-refractivity contribution in [3.05, 3.63) is 159 Å². The van der Waals surface area contributed by atoms with E-state index >= 15 is 0 Å². The second-order valence-corrected chi connectivity index (χ2v) is 13.2. The second-order valence-electron chi connectivity index (χ2n) is 10.0.